The minimum absolute atomic E-state index is 0.0575. The van der Waals surface area contributed by atoms with Crippen molar-refractivity contribution in [2.24, 2.45) is 0 Å². The summed E-state index contributed by atoms with van der Waals surface area (Å²) in [6, 6.07) is 10.1. The zero-order chi connectivity index (χ0) is 17.6. The largest absolute Gasteiger partial charge is 0.497 e. The fraction of sp³-hybridized carbons (Fsp3) is 0.250. The number of carbonyl (C=O) groups is 1. The number of hydrogen-bond donors (Lipinski definition) is 1. The Morgan fingerprint density at radius 3 is 2.58 bits per heavy atom. The number of aromatic nitrogens is 1. The van der Waals surface area contributed by atoms with Gasteiger partial charge in [0.25, 0.3) is 5.91 Å². The Kier molecular flexibility index (Phi) is 6.08. The summed E-state index contributed by atoms with van der Waals surface area (Å²) in [7, 11) is 1.55. The molecule has 1 amide bonds. The molecule has 128 valence electrons. The topological polar surface area (TPSA) is 51.2 Å². The number of nitrogens with one attached hydrogen (secondary N) is 1. The molecule has 1 N–H and O–H groups in total. The first-order chi connectivity index (χ1) is 11.4. The van der Waals surface area contributed by atoms with Gasteiger partial charge in [0.05, 0.1) is 18.4 Å². The van der Waals surface area contributed by atoms with Gasteiger partial charge in [0.2, 0.25) is 0 Å². The Labute approximate surface area is 141 Å². The first-order valence-electron chi connectivity index (χ1n) is 6.95. The summed E-state index contributed by atoms with van der Waals surface area (Å²) in [5.41, 5.74) is 0.970. The van der Waals surface area contributed by atoms with Crippen LogP contribution in [0.5, 0.6) is 5.75 Å². The minimum atomic E-state index is -4.32. The highest BCUT2D eigenvalue weighted by Gasteiger charge is 2.28. The van der Waals surface area contributed by atoms with Gasteiger partial charge < -0.3 is 10.1 Å². The molecule has 4 nitrogen and oxygen atoms in total. The van der Waals surface area contributed by atoms with Crippen molar-refractivity contribution in [2.45, 2.75) is 17.7 Å². The molecule has 0 atom stereocenters. The summed E-state index contributed by atoms with van der Waals surface area (Å²) in [4.78, 5) is 16.1. The number of carbonyl (C=O) groups excluding carboxylic acids is 1. The molecule has 0 aliphatic carbocycles. The monoisotopic (exact) mass is 356 g/mol. The molecule has 0 saturated carbocycles. The molecular weight excluding hydrogens is 341 g/mol. The van der Waals surface area contributed by atoms with Crippen LogP contribution < -0.4 is 10.1 Å². The van der Waals surface area contributed by atoms with Crippen molar-refractivity contribution in [1.82, 2.24) is 10.3 Å². The SMILES string of the molecule is COc1ccc(CNC(=O)c2cccnc2SCC(F)(F)F)cc1. The van der Waals surface area contributed by atoms with E-state index in [2.05, 4.69) is 10.3 Å². The van der Waals surface area contributed by atoms with Crippen LogP contribution in [-0.4, -0.2) is 29.9 Å². The number of hydrogen-bond acceptors (Lipinski definition) is 4. The van der Waals surface area contributed by atoms with Crippen molar-refractivity contribution >= 4 is 17.7 Å². The Morgan fingerprint density at radius 1 is 1.25 bits per heavy atom. The van der Waals surface area contributed by atoms with Gasteiger partial charge in [0.15, 0.2) is 0 Å². The van der Waals surface area contributed by atoms with E-state index in [-0.39, 0.29) is 17.1 Å². The quantitative estimate of drug-likeness (QED) is 0.803. The fourth-order valence-corrected chi connectivity index (χ4v) is 2.60. The summed E-state index contributed by atoms with van der Waals surface area (Å²) in [5.74, 6) is -0.866. The molecule has 0 saturated heterocycles. The summed E-state index contributed by atoms with van der Waals surface area (Å²) in [6.45, 7) is 0.251. The van der Waals surface area contributed by atoms with Gasteiger partial charge in [0.1, 0.15) is 10.8 Å². The Balaban J connectivity index is 2.01. The Bertz CT molecular complexity index is 690. The number of thioether (sulfide) groups is 1. The lowest BCUT2D eigenvalue weighted by molar-refractivity contribution is -0.105. The lowest BCUT2D eigenvalue weighted by Gasteiger charge is -2.10. The summed E-state index contributed by atoms with van der Waals surface area (Å²) >= 11 is 0.495. The minimum Gasteiger partial charge on any atom is -0.497 e. The zero-order valence-corrected chi connectivity index (χ0v) is 13.6. The molecule has 1 heterocycles. The van der Waals surface area contributed by atoms with Gasteiger partial charge in [-0.1, -0.05) is 23.9 Å². The van der Waals surface area contributed by atoms with Crippen molar-refractivity contribution in [2.75, 3.05) is 12.9 Å². The molecule has 1 aromatic carbocycles. The van der Waals surface area contributed by atoms with Crippen LogP contribution in [0.25, 0.3) is 0 Å². The second-order valence-corrected chi connectivity index (χ2v) is 5.75. The van der Waals surface area contributed by atoms with Crippen LogP contribution in [0.4, 0.5) is 13.2 Å². The Hall–Kier alpha value is -2.22. The van der Waals surface area contributed by atoms with Gasteiger partial charge in [-0.25, -0.2) is 4.98 Å². The fourth-order valence-electron chi connectivity index (χ4n) is 1.85. The van der Waals surface area contributed by atoms with Gasteiger partial charge in [0, 0.05) is 12.7 Å². The van der Waals surface area contributed by atoms with Crippen LogP contribution in [0.15, 0.2) is 47.6 Å². The van der Waals surface area contributed by atoms with Crippen molar-refractivity contribution < 1.29 is 22.7 Å². The third-order valence-corrected chi connectivity index (χ3v) is 4.07. The highest BCUT2D eigenvalue weighted by Crippen LogP contribution is 2.28. The van der Waals surface area contributed by atoms with Gasteiger partial charge >= 0.3 is 6.18 Å². The van der Waals surface area contributed by atoms with Crippen molar-refractivity contribution in [3.63, 3.8) is 0 Å². The predicted octanol–water partition coefficient (Wildman–Crippen LogP) is 3.67. The zero-order valence-electron chi connectivity index (χ0n) is 12.8. The third kappa shape index (κ3) is 5.45. The van der Waals surface area contributed by atoms with E-state index >= 15 is 0 Å². The molecule has 8 heteroatoms. The molecular formula is C16H15F3N2O2S. The summed E-state index contributed by atoms with van der Waals surface area (Å²) in [6.07, 6.45) is -2.96. The maximum Gasteiger partial charge on any atom is 0.398 e. The molecule has 2 aromatic rings. The van der Waals surface area contributed by atoms with E-state index in [9.17, 15) is 18.0 Å². The molecule has 0 bridgehead atoms. The first kappa shape index (κ1) is 18.1. The van der Waals surface area contributed by atoms with Crippen molar-refractivity contribution in [3.8, 4) is 5.75 Å². The number of methoxy groups -OCH3 is 1. The average Bonchev–Trinajstić information content (AvgIpc) is 2.58. The normalized spacial score (nSPS) is 11.2. The lowest BCUT2D eigenvalue weighted by atomic mass is 10.2. The van der Waals surface area contributed by atoms with E-state index < -0.39 is 17.8 Å². The number of halogens is 3. The van der Waals surface area contributed by atoms with Crippen LogP contribution in [0.3, 0.4) is 0 Å². The number of pyridine rings is 1. The number of benzene rings is 1. The van der Waals surface area contributed by atoms with Crippen LogP contribution in [0.2, 0.25) is 0 Å². The standard InChI is InChI=1S/C16H15F3N2O2S/c1-23-12-6-4-11(5-7-12)9-21-14(22)13-3-2-8-20-15(13)24-10-16(17,18)19/h2-8H,9-10H2,1H3,(H,21,22). The highest BCUT2D eigenvalue weighted by atomic mass is 32.2. The second-order valence-electron chi connectivity index (χ2n) is 4.79. The van der Waals surface area contributed by atoms with Crippen molar-refractivity contribution in [3.05, 3.63) is 53.7 Å². The Morgan fingerprint density at radius 2 is 1.96 bits per heavy atom. The van der Waals surface area contributed by atoms with E-state index in [1.54, 1.807) is 31.4 Å². The van der Waals surface area contributed by atoms with Crippen LogP contribution in [0.1, 0.15) is 15.9 Å². The molecule has 0 aliphatic heterocycles. The van der Waals surface area contributed by atoms with Crippen molar-refractivity contribution in [1.29, 1.82) is 0 Å². The second kappa shape index (κ2) is 8.05. The average molecular weight is 356 g/mol. The highest BCUT2D eigenvalue weighted by molar-refractivity contribution is 7.99. The number of alkyl halides is 3. The molecule has 0 aliphatic rings. The summed E-state index contributed by atoms with van der Waals surface area (Å²) in [5, 5.41) is 2.73. The van der Waals surface area contributed by atoms with E-state index in [1.165, 1.54) is 18.3 Å². The maximum atomic E-state index is 12.3. The molecule has 24 heavy (non-hydrogen) atoms. The molecule has 0 fully saturated rings. The van der Waals surface area contributed by atoms with Gasteiger partial charge in [-0.2, -0.15) is 13.2 Å². The van der Waals surface area contributed by atoms with Gasteiger partial charge in [-0.15, -0.1) is 0 Å². The number of ether oxygens (including phenoxy) is 1. The molecule has 0 unspecified atom stereocenters. The molecule has 2 rings (SSSR count). The third-order valence-electron chi connectivity index (χ3n) is 3.00. The van der Waals surface area contributed by atoms with Crippen LogP contribution in [0, 0.1) is 0 Å². The molecule has 1 aromatic heterocycles. The lowest BCUT2D eigenvalue weighted by Crippen LogP contribution is -2.24. The van der Waals surface area contributed by atoms with Crippen LogP contribution >= 0.6 is 11.8 Å². The molecule has 0 radical (unpaired) electrons. The van der Waals surface area contributed by atoms with E-state index in [0.29, 0.717) is 17.5 Å². The molecule has 0 spiro atoms. The van der Waals surface area contributed by atoms with Gasteiger partial charge in [-0.05, 0) is 29.8 Å². The van der Waals surface area contributed by atoms with Gasteiger partial charge in [-0.3, -0.25) is 4.79 Å². The number of nitrogens with zero attached hydrogens (tertiary/aromatic N) is 1. The van der Waals surface area contributed by atoms with E-state index in [0.717, 1.165) is 5.56 Å². The smallest absolute Gasteiger partial charge is 0.398 e. The number of rotatable bonds is 6. The maximum absolute atomic E-state index is 12.3. The summed E-state index contributed by atoms with van der Waals surface area (Å²) < 4.78 is 42.1. The van der Waals surface area contributed by atoms with E-state index in [4.69, 9.17) is 4.74 Å². The number of amides is 1. The first-order valence-corrected chi connectivity index (χ1v) is 7.93. The van der Waals surface area contributed by atoms with E-state index in [1.807, 2.05) is 0 Å². The van der Waals surface area contributed by atoms with Crippen LogP contribution in [-0.2, 0) is 6.54 Å². The predicted molar refractivity (Wildman–Crippen MR) is 85.2 cm³/mol.